The summed E-state index contributed by atoms with van der Waals surface area (Å²) in [6.07, 6.45) is 1.48. The van der Waals surface area contributed by atoms with Crippen LogP contribution >= 0.6 is 15.9 Å². The molecule has 124 valence electrons. The van der Waals surface area contributed by atoms with Crippen molar-refractivity contribution in [2.75, 3.05) is 10.7 Å². The average Bonchev–Trinajstić information content (AvgIpc) is 2.90. The van der Waals surface area contributed by atoms with Crippen molar-refractivity contribution < 1.29 is 17.6 Å². The summed E-state index contributed by atoms with van der Waals surface area (Å²) in [7, 11) is -3.34. The van der Waals surface area contributed by atoms with Crippen LogP contribution in [0.2, 0.25) is 0 Å². The van der Waals surface area contributed by atoms with E-state index in [1.54, 1.807) is 24.3 Å². The van der Waals surface area contributed by atoms with E-state index in [0.717, 1.165) is 9.88 Å². The first-order valence-electron chi connectivity index (χ1n) is 7.11. The predicted molar refractivity (Wildman–Crippen MR) is 94.1 cm³/mol. The van der Waals surface area contributed by atoms with Gasteiger partial charge in [0.1, 0.15) is 5.82 Å². The van der Waals surface area contributed by atoms with E-state index in [0.29, 0.717) is 11.3 Å². The highest BCUT2D eigenvalue weighted by atomic mass is 79.9. The Bertz CT molecular complexity index is 892. The number of sulfone groups is 1. The Kier molecular flexibility index (Phi) is 4.56. The van der Waals surface area contributed by atoms with Crippen LogP contribution in [-0.2, 0) is 9.84 Å². The highest BCUT2D eigenvalue weighted by molar-refractivity contribution is 9.10. The van der Waals surface area contributed by atoms with Crippen LogP contribution in [0, 0.1) is 5.82 Å². The van der Waals surface area contributed by atoms with Crippen LogP contribution in [0.25, 0.3) is 0 Å². The molecule has 0 radical (unpaired) electrons. The summed E-state index contributed by atoms with van der Waals surface area (Å²) in [4.78, 5) is 14.3. The van der Waals surface area contributed by atoms with Crippen LogP contribution in [0.4, 0.5) is 10.1 Å². The highest BCUT2D eigenvalue weighted by Gasteiger charge is 2.32. The quantitative estimate of drug-likeness (QED) is 0.778. The predicted octanol–water partition coefficient (Wildman–Crippen LogP) is 3.55. The van der Waals surface area contributed by atoms with Gasteiger partial charge in [-0.3, -0.25) is 4.79 Å². The van der Waals surface area contributed by atoms with Crippen LogP contribution in [-0.4, -0.2) is 26.1 Å². The van der Waals surface area contributed by atoms with Gasteiger partial charge in [-0.1, -0.05) is 15.9 Å². The van der Waals surface area contributed by atoms with Gasteiger partial charge in [-0.05, 0) is 54.6 Å². The lowest BCUT2D eigenvalue weighted by Gasteiger charge is -2.27. The first-order chi connectivity index (χ1) is 11.4. The Morgan fingerprint density at radius 2 is 1.71 bits per heavy atom. The second kappa shape index (κ2) is 6.49. The summed E-state index contributed by atoms with van der Waals surface area (Å²) in [5.74, 6) is -0.961. The molecule has 0 fully saturated rings. The molecule has 3 rings (SSSR count). The average molecular weight is 410 g/mol. The first-order valence-corrected chi connectivity index (χ1v) is 9.62. The van der Waals surface area contributed by atoms with Crippen LogP contribution < -0.4 is 4.90 Å². The zero-order valence-corrected chi connectivity index (χ0v) is 14.8. The zero-order valence-electron chi connectivity index (χ0n) is 12.4. The van der Waals surface area contributed by atoms with Crippen molar-refractivity contribution in [2.45, 2.75) is 6.04 Å². The van der Waals surface area contributed by atoms with Gasteiger partial charge in [0.25, 0.3) is 5.91 Å². The molecule has 1 aliphatic heterocycles. The van der Waals surface area contributed by atoms with E-state index in [2.05, 4.69) is 15.9 Å². The second-order valence-electron chi connectivity index (χ2n) is 5.38. The van der Waals surface area contributed by atoms with Crippen LogP contribution in [0.5, 0.6) is 0 Å². The standard InChI is InChI=1S/C17H13BrFNO3S/c18-13-3-1-12(2-4-13)17(21)20(15-7-5-14(19)6-8-15)16-9-10-24(22,23)11-16/h1-10,16H,11H2/t16-/m1/s1. The largest absolute Gasteiger partial charge is 0.300 e. The summed E-state index contributed by atoms with van der Waals surface area (Å²) in [5.41, 5.74) is 0.858. The van der Waals surface area contributed by atoms with E-state index in [-0.39, 0.29) is 11.7 Å². The van der Waals surface area contributed by atoms with Crippen LogP contribution in [0.3, 0.4) is 0 Å². The maximum atomic E-state index is 13.2. The molecule has 1 aliphatic rings. The second-order valence-corrected chi connectivity index (χ2v) is 8.23. The molecule has 1 heterocycles. The number of carbonyl (C=O) groups is 1. The monoisotopic (exact) mass is 409 g/mol. The number of anilines is 1. The van der Waals surface area contributed by atoms with E-state index in [4.69, 9.17) is 0 Å². The lowest BCUT2D eigenvalue weighted by atomic mass is 10.1. The lowest BCUT2D eigenvalue weighted by molar-refractivity contribution is 0.0983. The molecular formula is C17H13BrFNO3S. The van der Waals surface area contributed by atoms with E-state index < -0.39 is 21.7 Å². The number of amides is 1. The van der Waals surface area contributed by atoms with Crippen molar-refractivity contribution in [1.82, 2.24) is 0 Å². The molecule has 2 aromatic carbocycles. The van der Waals surface area contributed by atoms with Crippen LogP contribution in [0.15, 0.2) is 64.5 Å². The zero-order chi connectivity index (χ0) is 17.3. The van der Waals surface area contributed by atoms with Gasteiger partial charge in [-0.25, -0.2) is 12.8 Å². The number of hydrogen-bond acceptors (Lipinski definition) is 3. The molecule has 0 aromatic heterocycles. The smallest absolute Gasteiger partial charge is 0.258 e. The molecule has 0 saturated heterocycles. The lowest BCUT2D eigenvalue weighted by Crippen LogP contribution is -2.41. The summed E-state index contributed by atoms with van der Waals surface area (Å²) >= 11 is 3.31. The van der Waals surface area contributed by atoms with Crippen molar-refractivity contribution in [3.8, 4) is 0 Å². The van der Waals surface area contributed by atoms with Gasteiger partial charge < -0.3 is 4.90 Å². The molecule has 0 unspecified atom stereocenters. The molecule has 2 aromatic rings. The third-order valence-electron chi connectivity index (χ3n) is 3.66. The van der Waals surface area contributed by atoms with E-state index in [1.807, 2.05) is 0 Å². The maximum absolute atomic E-state index is 13.2. The number of benzene rings is 2. The fourth-order valence-electron chi connectivity index (χ4n) is 2.51. The number of carbonyl (C=O) groups excluding carboxylic acids is 1. The van der Waals surface area contributed by atoms with Crippen molar-refractivity contribution in [2.24, 2.45) is 0 Å². The molecule has 0 N–H and O–H groups in total. The summed E-state index contributed by atoms with van der Waals surface area (Å²) < 4.78 is 37.5. The minimum absolute atomic E-state index is 0.188. The summed E-state index contributed by atoms with van der Waals surface area (Å²) in [6, 6.07) is 11.5. The number of halogens is 2. The number of nitrogens with zero attached hydrogens (tertiary/aromatic N) is 1. The molecular weight excluding hydrogens is 397 g/mol. The normalized spacial score (nSPS) is 18.5. The minimum atomic E-state index is -3.34. The topological polar surface area (TPSA) is 54.5 Å². The summed E-state index contributed by atoms with van der Waals surface area (Å²) in [6.45, 7) is 0. The van der Waals surface area contributed by atoms with E-state index in [9.17, 15) is 17.6 Å². The molecule has 1 atom stereocenters. The van der Waals surface area contributed by atoms with Gasteiger partial charge in [0.05, 0.1) is 11.8 Å². The molecule has 0 spiro atoms. The third kappa shape index (κ3) is 3.57. The Labute approximate surface area is 147 Å². The highest BCUT2D eigenvalue weighted by Crippen LogP contribution is 2.25. The van der Waals surface area contributed by atoms with Gasteiger partial charge >= 0.3 is 0 Å². The van der Waals surface area contributed by atoms with Crippen molar-refractivity contribution in [3.63, 3.8) is 0 Å². The first kappa shape index (κ1) is 16.9. The van der Waals surface area contributed by atoms with Crippen molar-refractivity contribution in [1.29, 1.82) is 0 Å². The summed E-state index contributed by atoms with van der Waals surface area (Å²) in [5, 5.41) is 1.11. The molecule has 0 aliphatic carbocycles. The molecule has 4 nitrogen and oxygen atoms in total. The number of rotatable bonds is 3. The Morgan fingerprint density at radius 3 is 2.25 bits per heavy atom. The van der Waals surface area contributed by atoms with Gasteiger partial charge in [0, 0.05) is 21.1 Å². The molecule has 0 saturated carbocycles. The van der Waals surface area contributed by atoms with Crippen molar-refractivity contribution >= 4 is 37.4 Å². The molecule has 0 bridgehead atoms. The molecule has 7 heteroatoms. The Hall–Kier alpha value is -1.99. The van der Waals surface area contributed by atoms with Gasteiger partial charge in [0.2, 0.25) is 0 Å². The van der Waals surface area contributed by atoms with E-state index in [1.165, 1.54) is 35.2 Å². The SMILES string of the molecule is O=C(c1ccc(Br)cc1)N(c1ccc(F)cc1)[C@@H]1C=CS(=O)(=O)C1. The maximum Gasteiger partial charge on any atom is 0.258 e. The van der Waals surface area contributed by atoms with Crippen LogP contribution in [0.1, 0.15) is 10.4 Å². The Morgan fingerprint density at radius 1 is 1.08 bits per heavy atom. The third-order valence-corrected chi connectivity index (χ3v) is 5.56. The fourth-order valence-corrected chi connectivity index (χ4v) is 4.05. The van der Waals surface area contributed by atoms with Gasteiger partial charge in [-0.15, -0.1) is 0 Å². The number of hydrogen-bond donors (Lipinski definition) is 0. The molecule has 24 heavy (non-hydrogen) atoms. The van der Waals surface area contributed by atoms with Gasteiger partial charge in [0.15, 0.2) is 9.84 Å². The van der Waals surface area contributed by atoms with Gasteiger partial charge in [-0.2, -0.15) is 0 Å². The molecule has 1 amide bonds. The Balaban J connectivity index is 2.01. The van der Waals surface area contributed by atoms with Crippen molar-refractivity contribution in [3.05, 3.63) is 75.9 Å². The fraction of sp³-hybridized carbons (Fsp3) is 0.118. The minimum Gasteiger partial charge on any atom is -0.300 e. The van der Waals surface area contributed by atoms with E-state index >= 15 is 0 Å².